The molecule has 0 saturated carbocycles. The first-order valence-electron chi connectivity index (χ1n) is 7.39. The van der Waals surface area contributed by atoms with E-state index in [-0.39, 0.29) is 5.56 Å². The Balaban J connectivity index is 2.32. The van der Waals surface area contributed by atoms with Gasteiger partial charge in [-0.2, -0.15) is 5.10 Å². The number of aromatic nitrogens is 2. The van der Waals surface area contributed by atoms with Crippen LogP contribution in [0.3, 0.4) is 0 Å². The van der Waals surface area contributed by atoms with Gasteiger partial charge >= 0.3 is 5.97 Å². The molecular formula is C17H22N2O2. The third kappa shape index (κ3) is 3.51. The molecule has 2 rings (SSSR count). The molecule has 0 fully saturated rings. The van der Waals surface area contributed by atoms with Gasteiger partial charge in [-0.15, -0.1) is 0 Å². The van der Waals surface area contributed by atoms with Gasteiger partial charge < -0.3 is 5.11 Å². The minimum Gasteiger partial charge on any atom is -0.478 e. The van der Waals surface area contributed by atoms with E-state index in [1.165, 1.54) is 12.8 Å². The smallest absolute Gasteiger partial charge is 0.337 e. The van der Waals surface area contributed by atoms with Gasteiger partial charge in [0.1, 0.15) is 0 Å². The van der Waals surface area contributed by atoms with Crippen molar-refractivity contribution in [2.24, 2.45) is 5.92 Å². The van der Waals surface area contributed by atoms with Gasteiger partial charge in [0.05, 0.1) is 17.4 Å². The molecule has 1 atom stereocenters. The van der Waals surface area contributed by atoms with Crippen LogP contribution in [0, 0.1) is 12.8 Å². The van der Waals surface area contributed by atoms with Gasteiger partial charge in [-0.3, -0.25) is 0 Å². The van der Waals surface area contributed by atoms with Gasteiger partial charge in [0.2, 0.25) is 0 Å². The lowest BCUT2D eigenvalue weighted by Gasteiger charge is -2.10. The second kappa shape index (κ2) is 6.57. The molecule has 1 aromatic heterocycles. The molecular weight excluding hydrogens is 264 g/mol. The van der Waals surface area contributed by atoms with Crippen molar-refractivity contribution < 1.29 is 9.90 Å². The minimum atomic E-state index is -0.926. The van der Waals surface area contributed by atoms with Crippen LogP contribution in [0.1, 0.15) is 48.2 Å². The SMILES string of the molecule is CCCC(C)Cc1cnn(-c2c(C)cccc2C(=O)O)c1. The lowest BCUT2D eigenvalue weighted by Crippen LogP contribution is -2.07. The maximum atomic E-state index is 11.4. The van der Waals surface area contributed by atoms with Crippen LogP contribution in [0.25, 0.3) is 5.69 Å². The Morgan fingerprint density at radius 1 is 1.43 bits per heavy atom. The van der Waals surface area contributed by atoms with Crippen LogP contribution in [0.5, 0.6) is 0 Å². The van der Waals surface area contributed by atoms with Crippen LogP contribution in [-0.2, 0) is 6.42 Å². The topological polar surface area (TPSA) is 55.1 Å². The molecule has 4 nitrogen and oxygen atoms in total. The molecule has 112 valence electrons. The predicted octanol–water partition coefficient (Wildman–Crippen LogP) is 3.86. The molecule has 0 aliphatic rings. The number of aromatic carboxylic acids is 1. The molecule has 0 spiro atoms. The summed E-state index contributed by atoms with van der Waals surface area (Å²) in [6.07, 6.45) is 7.12. The molecule has 0 radical (unpaired) electrons. The quantitative estimate of drug-likeness (QED) is 0.877. The van der Waals surface area contributed by atoms with E-state index in [1.54, 1.807) is 16.8 Å². The van der Waals surface area contributed by atoms with E-state index in [2.05, 4.69) is 18.9 Å². The summed E-state index contributed by atoms with van der Waals surface area (Å²) >= 11 is 0. The Morgan fingerprint density at radius 2 is 2.19 bits per heavy atom. The molecule has 1 aromatic carbocycles. The molecule has 0 aliphatic heterocycles. The maximum absolute atomic E-state index is 11.4. The van der Waals surface area contributed by atoms with Crippen LogP contribution < -0.4 is 0 Å². The van der Waals surface area contributed by atoms with Gasteiger partial charge in [-0.1, -0.05) is 38.8 Å². The molecule has 21 heavy (non-hydrogen) atoms. The number of rotatable bonds is 6. The summed E-state index contributed by atoms with van der Waals surface area (Å²) < 4.78 is 1.69. The van der Waals surface area contributed by atoms with Crippen molar-refractivity contribution >= 4 is 5.97 Å². The van der Waals surface area contributed by atoms with Gasteiger partial charge in [0, 0.05) is 6.20 Å². The van der Waals surface area contributed by atoms with Crippen LogP contribution >= 0.6 is 0 Å². The fraction of sp³-hybridized carbons (Fsp3) is 0.412. The van der Waals surface area contributed by atoms with Gasteiger partial charge in [-0.05, 0) is 36.5 Å². The number of carboxylic acid groups (broad SMARTS) is 1. The molecule has 2 aromatic rings. The third-order valence-corrected chi connectivity index (χ3v) is 3.70. The molecule has 4 heteroatoms. The number of hydrogen-bond acceptors (Lipinski definition) is 2. The molecule has 0 saturated heterocycles. The van der Waals surface area contributed by atoms with E-state index in [4.69, 9.17) is 0 Å². The summed E-state index contributed by atoms with van der Waals surface area (Å²) in [7, 11) is 0. The zero-order chi connectivity index (χ0) is 15.4. The lowest BCUT2D eigenvalue weighted by molar-refractivity contribution is 0.0696. The Bertz CT molecular complexity index is 631. The Hall–Kier alpha value is -2.10. The van der Waals surface area contributed by atoms with E-state index in [1.807, 2.05) is 25.4 Å². The van der Waals surface area contributed by atoms with E-state index >= 15 is 0 Å². The fourth-order valence-electron chi connectivity index (χ4n) is 2.72. The summed E-state index contributed by atoms with van der Waals surface area (Å²) in [5.41, 5.74) is 2.99. The largest absolute Gasteiger partial charge is 0.478 e. The zero-order valence-corrected chi connectivity index (χ0v) is 12.8. The summed E-state index contributed by atoms with van der Waals surface area (Å²) in [4.78, 5) is 11.4. The van der Waals surface area contributed by atoms with Crippen LogP contribution in [0.4, 0.5) is 0 Å². The van der Waals surface area contributed by atoms with Crippen molar-refractivity contribution in [3.8, 4) is 5.69 Å². The highest BCUT2D eigenvalue weighted by molar-refractivity contribution is 5.92. The number of carboxylic acids is 1. The first kappa shape index (κ1) is 15.3. The molecule has 0 bridgehead atoms. The summed E-state index contributed by atoms with van der Waals surface area (Å²) in [5.74, 6) is -0.312. The lowest BCUT2D eigenvalue weighted by atomic mass is 9.99. The second-order valence-electron chi connectivity index (χ2n) is 5.67. The normalized spacial score (nSPS) is 12.3. The van der Waals surface area contributed by atoms with Crippen molar-refractivity contribution in [2.45, 2.75) is 40.0 Å². The Labute approximate surface area is 125 Å². The zero-order valence-electron chi connectivity index (χ0n) is 12.8. The summed E-state index contributed by atoms with van der Waals surface area (Å²) in [6.45, 7) is 6.33. The van der Waals surface area contributed by atoms with E-state index < -0.39 is 5.97 Å². The number of para-hydroxylation sites is 1. The first-order valence-corrected chi connectivity index (χ1v) is 7.39. The number of hydrogen-bond donors (Lipinski definition) is 1. The first-order chi connectivity index (χ1) is 10.0. The van der Waals surface area contributed by atoms with E-state index in [9.17, 15) is 9.90 Å². The predicted molar refractivity (Wildman–Crippen MR) is 83.0 cm³/mol. The second-order valence-corrected chi connectivity index (χ2v) is 5.67. The van der Waals surface area contributed by atoms with Crippen molar-refractivity contribution in [1.82, 2.24) is 9.78 Å². The maximum Gasteiger partial charge on any atom is 0.337 e. The number of carbonyl (C=O) groups is 1. The third-order valence-electron chi connectivity index (χ3n) is 3.70. The van der Waals surface area contributed by atoms with Crippen LogP contribution in [0.15, 0.2) is 30.6 Å². The van der Waals surface area contributed by atoms with Crippen molar-refractivity contribution in [3.63, 3.8) is 0 Å². The van der Waals surface area contributed by atoms with E-state index in [0.29, 0.717) is 11.6 Å². The van der Waals surface area contributed by atoms with Crippen molar-refractivity contribution in [3.05, 3.63) is 47.3 Å². The molecule has 1 N–H and O–H groups in total. The van der Waals surface area contributed by atoms with Crippen molar-refractivity contribution in [1.29, 1.82) is 0 Å². The van der Waals surface area contributed by atoms with Gasteiger partial charge in [-0.25, -0.2) is 9.48 Å². The molecule has 1 heterocycles. The number of nitrogens with zero attached hydrogens (tertiary/aromatic N) is 2. The average molecular weight is 286 g/mol. The monoisotopic (exact) mass is 286 g/mol. The fourth-order valence-corrected chi connectivity index (χ4v) is 2.72. The standard InChI is InChI=1S/C17H22N2O2/c1-4-6-12(2)9-14-10-18-19(11-14)16-13(3)7-5-8-15(16)17(20)21/h5,7-8,10-12H,4,6,9H2,1-3H3,(H,20,21). The number of aryl methyl sites for hydroxylation is 1. The van der Waals surface area contributed by atoms with Crippen molar-refractivity contribution in [2.75, 3.05) is 0 Å². The summed E-state index contributed by atoms with van der Waals surface area (Å²) in [5, 5.41) is 13.7. The van der Waals surface area contributed by atoms with Gasteiger partial charge in [0.15, 0.2) is 0 Å². The Kier molecular flexibility index (Phi) is 4.78. The summed E-state index contributed by atoms with van der Waals surface area (Å²) in [6, 6.07) is 5.28. The number of benzene rings is 1. The minimum absolute atomic E-state index is 0.284. The van der Waals surface area contributed by atoms with Gasteiger partial charge in [0.25, 0.3) is 0 Å². The average Bonchev–Trinajstić information content (AvgIpc) is 2.86. The highest BCUT2D eigenvalue weighted by Crippen LogP contribution is 2.21. The van der Waals surface area contributed by atoms with Crippen LogP contribution in [-0.4, -0.2) is 20.9 Å². The molecule has 1 unspecified atom stereocenters. The molecule has 0 aliphatic carbocycles. The highest BCUT2D eigenvalue weighted by Gasteiger charge is 2.15. The van der Waals surface area contributed by atoms with E-state index in [0.717, 1.165) is 17.5 Å². The van der Waals surface area contributed by atoms with Crippen LogP contribution in [0.2, 0.25) is 0 Å². The molecule has 0 amide bonds. The highest BCUT2D eigenvalue weighted by atomic mass is 16.4. The Morgan fingerprint density at radius 3 is 2.86 bits per heavy atom.